The van der Waals surface area contributed by atoms with Crippen molar-refractivity contribution in [2.24, 2.45) is 0 Å². The Morgan fingerprint density at radius 2 is 1.69 bits per heavy atom. The molecule has 1 amide bonds. The fourth-order valence-corrected chi connectivity index (χ4v) is 2.38. The third-order valence-electron chi connectivity index (χ3n) is 3.76. The number of hydrogen-bond donors (Lipinski definition) is 1. The molecule has 26 heavy (non-hydrogen) atoms. The van der Waals surface area contributed by atoms with E-state index < -0.39 is 0 Å². The van der Waals surface area contributed by atoms with Crippen LogP contribution < -0.4 is 14.8 Å². The predicted molar refractivity (Wildman–Crippen MR) is 96.4 cm³/mol. The molecule has 0 aliphatic heterocycles. The topological polar surface area (TPSA) is 86.5 Å². The van der Waals surface area contributed by atoms with Crippen molar-refractivity contribution in [1.29, 1.82) is 0 Å². The number of carbonyl (C=O) groups is 1. The van der Waals surface area contributed by atoms with Crippen LogP contribution in [0, 0.1) is 6.92 Å². The zero-order valence-corrected chi connectivity index (χ0v) is 14.8. The minimum absolute atomic E-state index is 0.0406. The summed E-state index contributed by atoms with van der Waals surface area (Å²) in [6.45, 7) is 2.00. The lowest BCUT2D eigenvalue weighted by molar-refractivity contribution is -0.115. The number of carbonyl (C=O) groups excluding carboxylic acids is 1. The first kappa shape index (κ1) is 17.5. The van der Waals surface area contributed by atoms with Gasteiger partial charge in [-0.15, -0.1) is 5.10 Å². The van der Waals surface area contributed by atoms with Crippen LogP contribution in [0.15, 0.2) is 46.9 Å². The van der Waals surface area contributed by atoms with Gasteiger partial charge >= 0.3 is 6.01 Å². The second-order valence-corrected chi connectivity index (χ2v) is 5.72. The van der Waals surface area contributed by atoms with Crippen molar-refractivity contribution in [3.8, 4) is 23.0 Å². The van der Waals surface area contributed by atoms with Crippen LogP contribution in [0.25, 0.3) is 11.5 Å². The number of nitrogens with zero attached hydrogens (tertiary/aromatic N) is 2. The molecule has 2 aromatic carbocycles. The molecular formula is C19H19N3O4. The maximum Gasteiger partial charge on any atom is 0.322 e. The van der Waals surface area contributed by atoms with Crippen molar-refractivity contribution >= 4 is 11.9 Å². The first-order valence-corrected chi connectivity index (χ1v) is 7.99. The molecule has 7 nitrogen and oxygen atoms in total. The molecule has 3 rings (SSSR count). The molecule has 0 fully saturated rings. The predicted octanol–water partition coefficient (Wildman–Crippen LogP) is 3.24. The Balaban J connectivity index is 1.71. The zero-order valence-electron chi connectivity index (χ0n) is 14.8. The SMILES string of the molecule is COc1cc(OC)cc(-c2nnc(NC(=O)Cc3ccc(C)cc3)o2)c1. The molecule has 1 N–H and O–H groups in total. The Morgan fingerprint density at radius 3 is 2.31 bits per heavy atom. The van der Waals surface area contributed by atoms with Gasteiger partial charge in [-0.1, -0.05) is 34.9 Å². The summed E-state index contributed by atoms with van der Waals surface area (Å²) >= 11 is 0. The van der Waals surface area contributed by atoms with Crippen LogP contribution in [0.4, 0.5) is 6.01 Å². The molecule has 0 aliphatic carbocycles. The summed E-state index contributed by atoms with van der Waals surface area (Å²) in [4.78, 5) is 12.1. The van der Waals surface area contributed by atoms with Gasteiger partial charge in [-0.3, -0.25) is 10.1 Å². The highest BCUT2D eigenvalue weighted by molar-refractivity contribution is 5.90. The number of methoxy groups -OCH3 is 2. The first-order valence-electron chi connectivity index (χ1n) is 7.99. The number of amides is 1. The number of nitrogens with one attached hydrogen (secondary N) is 1. The van der Waals surface area contributed by atoms with Crippen LogP contribution in [-0.2, 0) is 11.2 Å². The van der Waals surface area contributed by atoms with Gasteiger partial charge in [0, 0.05) is 11.6 Å². The van der Waals surface area contributed by atoms with Crippen molar-refractivity contribution in [3.05, 3.63) is 53.6 Å². The number of hydrogen-bond acceptors (Lipinski definition) is 6. The molecule has 0 aliphatic rings. The van der Waals surface area contributed by atoms with Crippen molar-refractivity contribution in [3.63, 3.8) is 0 Å². The summed E-state index contributed by atoms with van der Waals surface area (Å²) in [5, 5.41) is 10.4. The second-order valence-electron chi connectivity index (χ2n) is 5.72. The summed E-state index contributed by atoms with van der Waals surface area (Å²) in [7, 11) is 3.12. The molecule has 7 heteroatoms. The van der Waals surface area contributed by atoms with Crippen LogP contribution in [0.1, 0.15) is 11.1 Å². The second kappa shape index (κ2) is 7.69. The number of benzene rings is 2. The molecular weight excluding hydrogens is 334 g/mol. The molecule has 0 saturated carbocycles. The number of rotatable bonds is 6. The van der Waals surface area contributed by atoms with Gasteiger partial charge in [-0.25, -0.2) is 0 Å². The molecule has 0 atom stereocenters. The lowest BCUT2D eigenvalue weighted by atomic mass is 10.1. The zero-order chi connectivity index (χ0) is 18.5. The van der Waals surface area contributed by atoms with E-state index in [1.54, 1.807) is 32.4 Å². The Morgan fingerprint density at radius 1 is 1.04 bits per heavy atom. The van der Waals surface area contributed by atoms with E-state index in [1.807, 2.05) is 31.2 Å². The van der Waals surface area contributed by atoms with E-state index >= 15 is 0 Å². The summed E-state index contributed by atoms with van der Waals surface area (Å²) in [5.41, 5.74) is 2.68. The Bertz CT molecular complexity index is 881. The van der Waals surface area contributed by atoms with E-state index in [2.05, 4.69) is 15.5 Å². The highest BCUT2D eigenvalue weighted by Gasteiger charge is 2.14. The summed E-state index contributed by atoms with van der Waals surface area (Å²) in [6.07, 6.45) is 0.227. The minimum Gasteiger partial charge on any atom is -0.497 e. The van der Waals surface area contributed by atoms with Gasteiger partial charge in [0.2, 0.25) is 11.8 Å². The van der Waals surface area contributed by atoms with E-state index in [9.17, 15) is 4.79 Å². The maximum atomic E-state index is 12.1. The van der Waals surface area contributed by atoms with Crippen LogP contribution in [0.3, 0.4) is 0 Å². The fourth-order valence-electron chi connectivity index (χ4n) is 2.38. The number of ether oxygens (including phenoxy) is 2. The third-order valence-corrected chi connectivity index (χ3v) is 3.76. The van der Waals surface area contributed by atoms with E-state index in [4.69, 9.17) is 13.9 Å². The number of anilines is 1. The molecule has 0 bridgehead atoms. The normalized spacial score (nSPS) is 10.4. The van der Waals surface area contributed by atoms with Gasteiger partial charge in [0.15, 0.2) is 0 Å². The molecule has 0 unspecified atom stereocenters. The molecule has 0 spiro atoms. The lowest BCUT2D eigenvalue weighted by Gasteiger charge is -2.05. The van der Waals surface area contributed by atoms with Crippen LogP contribution >= 0.6 is 0 Å². The van der Waals surface area contributed by atoms with Crippen molar-refractivity contribution < 1.29 is 18.7 Å². The van der Waals surface area contributed by atoms with Gasteiger partial charge in [-0.2, -0.15) is 0 Å². The monoisotopic (exact) mass is 353 g/mol. The number of aromatic nitrogens is 2. The minimum atomic E-state index is -0.229. The fraction of sp³-hybridized carbons (Fsp3) is 0.211. The lowest BCUT2D eigenvalue weighted by Crippen LogP contribution is -2.14. The van der Waals surface area contributed by atoms with Gasteiger partial charge in [-0.05, 0) is 24.6 Å². The summed E-state index contributed by atoms with van der Waals surface area (Å²) in [6, 6.07) is 13.0. The molecule has 0 saturated heterocycles. The van der Waals surface area contributed by atoms with Gasteiger partial charge < -0.3 is 13.9 Å². The average Bonchev–Trinajstić information content (AvgIpc) is 3.11. The van der Waals surface area contributed by atoms with Crippen LogP contribution in [0.5, 0.6) is 11.5 Å². The molecule has 3 aromatic rings. The largest absolute Gasteiger partial charge is 0.497 e. The molecule has 1 aromatic heterocycles. The molecule has 0 radical (unpaired) electrons. The van der Waals surface area contributed by atoms with E-state index in [0.717, 1.165) is 11.1 Å². The maximum absolute atomic E-state index is 12.1. The number of aryl methyl sites for hydroxylation is 1. The first-order chi connectivity index (χ1) is 12.6. The van der Waals surface area contributed by atoms with Crippen molar-refractivity contribution in [2.45, 2.75) is 13.3 Å². The molecule has 134 valence electrons. The van der Waals surface area contributed by atoms with Crippen LogP contribution in [-0.4, -0.2) is 30.3 Å². The quantitative estimate of drug-likeness (QED) is 0.732. The Hall–Kier alpha value is -3.35. The Labute approximate surface area is 151 Å². The summed E-state index contributed by atoms with van der Waals surface area (Å²) in [5.74, 6) is 1.23. The third kappa shape index (κ3) is 4.18. The Kier molecular flexibility index (Phi) is 5.17. The van der Waals surface area contributed by atoms with Gasteiger partial charge in [0.05, 0.1) is 20.6 Å². The van der Waals surface area contributed by atoms with Gasteiger partial charge in [0.25, 0.3) is 0 Å². The van der Waals surface area contributed by atoms with E-state index in [1.165, 1.54) is 0 Å². The molecule has 1 heterocycles. The smallest absolute Gasteiger partial charge is 0.322 e. The highest BCUT2D eigenvalue weighted by atomic mass is 16.5. The standard InChI is InChI=1S/C19H19N3O4/c1-12-4-6-13(7-5-12)8-17(23)20-19-22-21-18(26-19)14-9-15(24-2)11-16(10-14)25-3/h4-7,9-11H,8H2,1-3H3,(H,20,22,23). The average molecular weight is 353 g/mol. The summed E-state index contributed by atoms with van der Waals surface area (Å²) < 4.78 is 16.0. The van der Waals surface area contributed by atoms with E-state index in [0.29, 0.717) is 17.1 Å². The van der Waals surface area contributed by atoms with Crippen molar-refractivity contribution in [2.75, 3.05) is 19.5 Å². The van der Waals surface area contributed by atoms with Crippen molar-refractivity contribution in [1.82, 2.24) is 10.2 Å². The van der Waals surface area contributed by atoms with Crippen LogP contribution in [0.2, 0.25) is 0 Å². The highest BCUT2D eigenvalue weighted by Crippen LogP contribution is 2.29. The van der Waals surface area contributed by atoms with Gasteiger partial charge in [0.1, 0.15) is 11.5 Å². The van der Waals surface area contributed by atoms with E-state index in [-0.39, 0.29) is 24.2 Å².